The number of nitriles is 1. The minimum atomic E-state index is -2.70. The predicted molar refractivity (Wildman–Crippen MR) is 54.1 cm³/mol. The molecule has 0 amide bonds. The van der Waals surface area contributed by atoms with Gasteiger partial charge in [0.05, 0.1) is 21.8 Å². The number of halogens is 3. The zero-order chi connectivity index (χ0) is 10.7. The molecule has 0 fully saturated rings. The molecule has 1 N–H and O–H groups in total. The smallest absolute Gasteiger partial charge is 0.279 e. The number of H-pyrrole nitrogens is 1. The minimum Gasteiger partial charge on any atom is -0.359 e. The first-order chi connectivity index (χ1) is 6.57. The molecule has 0 aliphatic heterocycles. The van der Waals surface area contributed by atoms with Crippen molar-refractivity contribution < 1.29 is 8.78 Å². The molecule has 6 heteroatoms. The molecule has 1 rings (SSSR count). The Kier molecular flexibility index (Phi) is 3.57. The number of nitrogens with one attached hydrogen (secondary N) is 1. The molecule has 1 aromatic heterocycles. The fourth-order valence-corrected chi connectivity index (χ4v) is 1.67. The standard InChI is InChI=1S/C8H5F2IN2O/c9-8(10)6-5(11)7(14)4(1-2-12)3-13-6/h3,8H,1H2,(H,13,14). The summed E-state index contributed by atoms with van der Waals surface area (Å²) in [6.45, 7) is 0. The number of aromatic nitrogens is 1. The third kappa shape index (κ3) is 2.09. The van der Waals surface area contributed by atoms with Crippen LogP contribution in [0, 0.1) is 14.9 Å². The van der Waals surface area contributed by atoms with Gasteiger partial charge in [0, 0.05) is 11.8 Å². The van der Waals surface area contributed by atoms with Crippen molar-refractivity contribution in [2.45, 2.75) is 12.8 Å². The Morgan fingerprint density at radius 2 is 2.29 bits per heavy atom. The second kappa shape index (κ2) is 4.50. The fourth-order valence-electron chi connectivity index (χ4n) is 0.932. The Bertz CT molecular complexity index is 436. The van der Waals surface area contributed by atoms with Gasteiger partial charge < -0.3 is 4.98 Å². The molecule has 14 heavy (non-hydrogen) atoms. The normalized spacial score (nSPS) is 10.2. The van der Waals surface area contributed by atoms with Crippen molar-refractivity contribution in [2.75, 3.05) is 0 Å². The topological polar surface area (TPSA) is 56.6 Å². The highest BCUT2D eigenvalue weighted by Crippen LogP contribution is 2.19. The molecule has 0 aliphatic rings. The van der Waals surface area contributed by atoms with Gasteiger partial charge in [-0.3, -0.25) is 4.79 Å². The molecule has 0 spiro atoms. The van der Waals surface area contributed by atoms with Crippen molar-refractivity contribution in [1.29, 1.82) is 5.26 Å². The van der Waals surface area contributed by atoms with Crippen molar-refractivity contribution in [3.05, 3.63) is 31.2 Å². The summed E-state index contributed by atoms with van der Waals surface area (Å²) in [5.41, 5.74) is -0.681. The molecule has 74 valence electrons. The lowest BCUT2D eigenvalue weighted by Crippen LogP contribution is -2.16. The third-order valence-electron chi connectivity index (χ3n) is 1.62. The van der Waals surface area contributed by atoms with Gasteiger partial charge in [-0.2, -0.15) is 5.26 Å². The Morgan fingerprint density at radius 3 is 2.79 bits per heavy atom. The summed E-state index contributed by atoms with van der Waals surface area (Å²) in [6.07, 6.45) is -1.62. The molecule has 0 aliphatic carbocycles. The number of nitrogens with zero attached hydrogens (tertiary/aromatic N) is 1. The van der Waals surface area contributed by atoms with E-state index in [-0.39, 0.29) is 15.6 Å². The number of hydrogen-bond donors (Lipinski definition) is 1. The van der Waals surface area contributed by atoms with Gasteiger partial charge in [-0.05, 0) is 22.6 Å². The van der Waals surface area contributed by atoms with Crippen molar-refractivity contribution in [3.63, 3.8) is 0 Å². The molecular weight excluding hydrogens is 305 g/mol. The van der Waals surface area contributed by atoms with Crippen molar-refractivity contribution in [3.8, 4) is 6.07 Å². The summed E-state index contributed by atoms with van der Waals surface area (Å²) >= 11 is 1.55. The predicted octanol–water partition coefficient (Wildman–Crippen LogP) is 1.98. The minimum absolute atomic E-state index is 0.0506. The summed E-state index contributed by atoms with van der Waals surface area (Å²) in [5.74, 6) is 0. The molecule has 0 bridgehead atoms. The average molecular weight is 310 g/mol. The van der Waals surface area contributed by atoms with Gasteiger partial charge in [-0.15, -0.1) is 0 Å². The molecule has 1 aromatic rings. The zero-order valence-corrected chi connectivity index (χ0v) is 9.01. The van der Waals surface area contributed by atoms with Crippen LogP contribution in [0.5, 0.6) is 0 Å². The van der Waals surface area contributed by atoms with E-state index in [4.69, 9.17) is 5.26 Å². The van der Waals surface area contributed by atoms with Crippen LogP contribution in [-0.4, -0.2) is 4.98 Å². The molecule has 0 saturated heterocycles. The van der Waals surface area contributed by atoms with Crippen LogP contribution in [0.3, 0.4) is 0 Å². The van der Waals surface area contributed by atoms with Crippen LogP contribution in [-0.2, 0) is 6.42 Å². The number of aromatic amines is 1. The Hall–Kier alpha value is -0.970. The van der Waals surface area contributed by atoms with E-state index in [2.05, 4.69) is 4.98 Å². The molecule has 1 heterocycles. The fraction of sp³-hybridized carbons (Fsp3) is 0.250. The number of alkyl halides is 2. The zero-order valence-electron chi connectivity index (χ0n) is 6.85. The number of rotatable bonds is 2. The number of pyridine rings is 1. The van der Waals surface area contributed by atoms with Crippen LogP contribution < -0.4 is 5.43 Å². The van der Waals surface area contributed by atoms with E-state index < -0.39 is 17.5 Å². The summed E-state index contributed by atoms with van der Waals surface area (Å²) < 4.78 is 24.5. The van der Waals surface area contributed by atoms with E-state index in [1.165, 1.54) is 0 Å². The molecule has 0 radical (unpaired) electrons. The summed E-state index contributed by atoms with van der Waals surface area (Å²) in [7, 11) is 0. The average Bonchev–Trinajstić information content (AvgIpc) is 2.13. The van der Waals surface area contributed by atoms with Gasteiger partial charge in [0.2, 0.25) is 0 Å². The van der Waals surface area contributed by atoms with E-state index in [9.17, 15) is 13.6 Å². The Balaban J connectivity index is 3.28. The molecule has 0 atom stereocenters. The van der Waals surface area contributed by atoms with E-state index in [1.807, 2.05) is 0 Å². The van der Waals surface area contributed by atoms with Crippen LogP contribution >= 0.6 is 22.6 Å². The van der Waals surface area contributed by atoms with Crippen LogP contribution in [0.4, 0.5) is 8.78 Å². The quantitative estimate of drug-likeness (QED) is 0.849. The highest BCUT2D eigenvalue weighted by Gasteiger charge is 2.16. The van der Waals surface area contributed by atoms with Crippen LogP contribution in [0.25, 0.3) is 0 Å². The van der Waals surface area contributed by atoms with Gasteiger partial charge in [-0.25, -0.2) is 8.78 Å². The lowest BCUT2D eigenvalue weighted by Gasteiger charge is -2.03. The number of hydrogen-bond acceptors (Lipinski definition) is 2. The van der Waals surface area contributed by atoms with Gasteiger partial charge >= 0.3 is 0 Å². The van der Waals surface area contributed by atoms with Gasteiger partial charge in [0.25, 0.3) is 6.43 Å². The maximum Gasteiger partial charge on any atom is 0.279 e. The first kappa shape index (κ1) is 11.1. The maximum absolute atomic E-state index is 12.3. The van der Waals surface area contributed by atoms with Crippen LogP contribution in [0.2, 0.25) is 0 Å². The van der Waals surface area contributed by atoms with Crippen LogP contribution in [0.1, 0.15) is 17.7 Å². The largest absolute Gasteiger partial charge is 0.359 e. The van der Waals surface area contributed by atoms with E-state index in [1.54, 1.807) is 28.7 Å². The molecule has 0 saturated carbocycles. The van der Waals surface area contributed by atoms with Crippen LogP contribution in [0.15, 0.2) is 11.0 Å². The van der Waals surface area contributed by atoms with Crippen molar-refractivity contribution in [2.24, 2.45) is 0 Å². The van der Waals surface area contributed by atoms with E-state index in [0.717, 1.165) is 6.20 Å². The highest BCUT2D eigenvalue weighted by atomic mass is 127. The van der Waals surface area contributed by atoms with Crippen molar-refractivity contribution in [1.82, 2.24) is 4.98 Å². The second-order valence-electron chi connectivity index (χ2n) is 2.51. The SMILES string of the molecule is N#CCc1c[nH]c(C(F)F)c(I)c1=O. The monoisotopic (exact) mass is 310 g/mol. The summed E-state index contributed by atoms with van der Waals surface area (Å²) in [5, 5.41) is 8.36. The Morgan fingerprint density at radius 1 is 1.64 bits per heavy atom. The van der Waals surface area contributed by atoms with E-state index >= 15 is 0 Å². The van der Waals surface area contributed by atoms with E-state index in [0.29, 0.717) is 0 Å². The van der Waals surface area contributed by atoms with Gasteiger partial charge in [0.1, 0.15) is 0 Å². The Labute approximate surface area is 91.9 Å². The van der Waals surface area contributed by atoms with Gasteiger partial charge in [-0.1, -0.05) is 0 Å². The highest BCUT2D eigenvalue weighted by molar-refractivity contribution is 14.1. The summed E-state index contributed by atoms with van der Waals surface area (Å²) in [6, 6.07) is 1.79. The molecule has 0 aromatic carbocycles. The van der Waals surface area contributed by atoms with Gasteiger partial charge in [0.15, 0.2) is 5.43 Å². The lowest BCUT2D eigenvalue weighted by atomic mass is 10.2. The maximum atomic E-state index is 12.3. The first-order valence-electron chi connectivity index (χ1n) is 3.63. The third-order valence-corrected chi connectivity index (χ3v) is 2.69. The molecule has 3 nitrogen and oxygen atoms in total. The lowest BCUT2D eigenvalue weighted by molar-refractivity contribution is 0.145. The summed E-state index contributed by atoms with van der Waals surface area (Å²) in [4.78, 5) is 13.7. The first-order valence-corrected chi connectivity index (χ1v) is 4.71. The molecule has 0 unspecified atom stereocenters. The second-order valence-corrected chi connectivity index (χ2v) is 3.59. The molecular formula is C8H5F2IN2O. The van der Waals surface area contributed by atoms with Crippen molar-refractivity contribution >= 4 is 22.6 Å².